The molecule has 190 valence electrons. The first kappa shape index (κ1) is 30.9. The summed E-state index contributed by atoms with van der Waals surface area (Å²) in [7, 11) is 5.91. The van der Waals surface area contributed by atoms with E-state index >= 15 is 0 Å². The molecule has 0 rings (SSSR count). The van der Waals surface area contributed by atoms with Crippen LogP contribution in [-0.2, 0) is 14.3 Å². The summed E-state index contributed by atoms with van der Waals surface area (Å²) < 4.78 is 6.02. The van der Waals surface area contributed by atoms with Crippen molar-refractivity contribution < 1.29 is 23.9 Å². The summed E-state index contributed by atoms with van der Waals surface area (Å²) in [6, 6.07) is 0. The highest BCUT2D eigenvalue weighted by Crippen LogP contribution is 2.19. The maximum absolute atomic E-state index is 12.1. The molecule has 0 aliphatic carbocycles. The molecule has 0 saturated heterocycles. The predicted octanol–water partition coefficient (Wildman–Crippen LogP) is 6.98. The summed E-state index contributed by atoms with van der Waals surface area (Å²) in [5.74, 6) is -0.381. The van der Waals surface area contributed by atoms with Crippen molar-refractivity contribution in [1.82, 2.24) is 0 Å². The third-order valence-corrected chi connectivity index (χ3v) is 6.08. The molecule has 0 aromatic heterocycles. The molecule has 0 saturated carbocycles. The summed E-state index contributed by atoms with van der Waals surface area (Å²) in [6.07, 6.45) is 19.1. The SMILES string of the molecule is CCCCCCCCCCCC(C)CCCCCCC(=O)OC(CC(=O)O)C[N+](C)(C)C. The number of likely N-dealkylation sites (N-methyl/N-ethyl adjacent to an activating group) is 1. The minimum Gasteiger partial charge on any atom is -0.481 e. The lowest BCUT2D eigenvalue weighted by molar-refractivity contribution is -0.873. The first-order valence-electron chi connectivity index (χ1n) is 13.4. The third kappa shape index (κ3) is 22.1. The highest BCUT2D eigenvalue weighted by atomic mass is 16.5. The number of unbranched alkanes of at least 4 members (excludes halogenated alkanes) is 11. The van der Waals surface area contributed by atoms with Gasteiger partial charge in [0.25, 0.3) is 0 Å². The number of rotatable bonds is 22. The van der Waals surface area contributed by atoms with Gasteiger partial charge in [-0.1, -0.05) is 104 Å². The van der Waals surface area contributed by atoms with Crippen molar-refractivity contribution >= 4 is 11.9 Å². The van der Waals surface area contributed by atoms with Gasteiger partial charge in [0.1, 0.15) is 6.54 Å². The number of carbonyl (C=O) groups excluding carboxylic acids is 1. The second kappa shape index (κ2) is 19.4. The minimum absolute atomic E-state index is 0.127. The fourth-order valence-corrected chi connectivity index (χ4v) is 4.26. The topological polar surface area (TPSA) is 63.6 Å². The molecule has 0 fully saturated rings. The monoisotopic (exact) mass is 456 g/mol. The van der Waals surface area contributed by atoms with Gasteiger partial charge in [-0.25, -0.2) is 0 Å². The lowest BCUT2D eigenvalue weighted by Gasteiger charge is -2.28. The molecule has 0 spiro atoms. The van der Waals surface area contributed by atoms with Gasteiger partial charge in [0.05, 0.1) is 27.6 Å². The summed E-state index contributed by atoms with van der Waals surface area (Å²) in [5.41, 5.74) is 0. The summed E-state index contributed by atoms with van der Waals surface area (Å²) in [6.45, 7) is 5.15. The highest BCUT2D eigenvalue weighted by molar-refractivity contribution is 5.71. The lowest BCUT2D eigenvalue weighted by Crippen LogP contribution is -2.43. The van der Waals surface area contributed by atoms with Crippen LogP contribution in [0.3, 0.4) is 0 Å². The fourth-order valence-electron chi connectivity index (χ4n) is 4.26. The van der Waals surface area contributed by atoms with Gasteiger partial charge in [0.2, 0.25) is 0 Å². The number of carbonyl (C=O) groups is 2. The molecule has 0 heterocycles. The molecule has 2 atom stereocenters. The van der Waals surface area contributed by atoms with E-state index in [1.807, 2.05) is 21.1 Å². The Morgan fingerprint density at radius 1 is 0.781 bits per heavy atom. The molecule has 5 nitrogen and oxygen atoms in total. The van der Waals surface area contributed by atoms with Crippen molar-refractivity contribution in [2.75, 3.05) is 27.7 Å². The zero-order valence-electron chi connectivity index (χ0n) is 22.0. The third-order valence-electron chi connectivity index (χ3n) is 6.08. The first-order valence-corrected chi connectivity index (χ1v) is 13.4. The van der Waals surface area contributed by atoms with Crippen LogP contribution in [0.25, 0.3) is 0 Å². The van der Waals surface area contributed by atoms with Gasteiger partial charge >= 0.3 is 11.9 Å². The molecule has 0 radical (unpaired) electrons. The number of carboxylic acid groups (broad SMARTS) is 1. The Morgan fingerprint density at radius 3 is 1.72 bits per heavy atom. The highest BCUT2D eigenvalue weighted by Gasteiger charge is 2.24. The Bertz CT molecular complexity index is 473. The van der Waals surface area contributed by atoms with Crippen molar-refractivity contribution in [2.24, 2.45) is 5.92 Å². The molecular formula is C27H54NO4+. The Labute approximate surface area is 198 Å². The van der Waals surface area contributed by atoms with Crippen LogP contribution in [0.5, 0.6) is 0 Å². The second-order valence-corrected chi connectivity index (χ2v) is 10.9. The fraction of sp³-hybridized carbons (Fsp3) is 0.926. The van der Waals surface area contributed by atoms with E-state index in [1.165, 1.54) is 77.0 Å². The molecule has 2 unspecified atom stereocenters. The number of esters is 1. The molecular weight excluding hydrogens is 402 g/mol. The smallest absolute Gasteiger partial charge is 0.307 e. The van der Waals surface area contributed by atoms with Gasteiger partial charge in [-0.3, -0.25) is 9.59 Å². The van der Waals surface area contributed by atoms with Crippen molar-refractivity contribution in [1.29, 1.82) is 0 Å². The molecule has 0 aliphatic heterocycles. The number of hydrogen-bond acceptors (Lipinski definition) is 3. The molecule has 1 N–H and O–H groups in total. The van der Waals surface area contributed by atoms with E-state index < -0.39 is 12.1 Å². The number of nitrogens with zero attached hydrogens (tertiary/aromatic N) is 1. The summed E-state index contributed by atoms with van der Waals surface area (Å²) in [5, 5.41) is 9.04. The van der Waals surface area contributed by atoms with Crippen LogP contribution in [0.4, 0.5) is 0 Å². The van der Waals surface area contributed by atoms with Crippen molar-refractivity contribution in [3.8, 4) is 0 Å². The Hall–Kier alpha value is -1.10. The standard InChI is InChI=1S/C27H53NO4/c1-6-7-8-9-10-11-12-13-16-19-24(2)20-17-14-15-18-21-27(31)32-25(22-26(29)30)23-28(3,4)5/h24-25H,6-23H2,1-5H3/p+1. The number of ether oxygens (including phenoxy) is 1. The van der Waals surface area contributed by atoms with Crippen LogP contribution in [0.1, 0.15) is 123 Å². The molecule has 0 aromatic rings. The van der Waals surface area contributed by atoms with E-state index in [-0.39, 0.29) is 12.4 Å². The molecule has 0 amide bonds. The normalized spacial score (nSPS) is 13.7. The average Bonchev–Trinajstić information content (AvgIpc) is 2.67. The van der Waals surface area contributed by atoms with E-state index in [0.717, 1.165) is 25.2 Å². The van der Waals surface area contributed by atoms with Gasteiger partial charge in [-0.05, 0) is 12.3 Å². The first-order chi connectivity index (χ1) is 15.1. The maximum atomic E-state index is 12.1. The van der Waals surface area contributed by atoms with E-state index in [4.69, 9.17) is 9.84 Å². The van der Waals surface area contributed by atoms with E-state index in [9.17, 15) is 9.59 Å². The summed E-state index contributed by atoms with van der Waals surface area (Å²) in [4.78, 5) is 23.1. The number of hydrogen-bond donors (Lipinski definition) is 1. The Morgan fingerprint density at radius 2 is 1.25 bits per heavy atom. The molecule has 5 heteroatoms. The molecule has 32 heavy (non-hydrogen) atoms. The van der Waals surface area contributed by atoms with Crippen LogP contribution >= 0.6 is 0 Å². The lowest BCUT2D eigenvalue weighted by atomic mass is 9.96. The van der Waals surface area contributed by atoms with E-state index in [2.05, 4.69) is 13.8 Å². The van der Waals surface area contributed by atoms with Crippen molar-refractivity contribution in [3.05, 3.63) is 0 Å². The van der Waals surface area contributed by atoms with Gasteiger partial charge in [-0.2, -0.15) is 0 Å². The molecule has 0 aromatic carbocycles. The second-order valence-electron chi connectivity index (χ2n) is 10.9. The van der Waals surface area contributed by atoms with Crippen LogP contribution in [0.2, 0.25) is 0 Å². The van der Waals surface area contributed by atoms with Crippen LogP contribution < -0.4 is 0 Å². The van der Waals surface area contributed by atoms with Gasteiger partial charge in [0, 0.05) is 6.42 Å². The van der Waals surface area contributed by atoms with Gasteiger partial charge in [-0.15, -0.1) is 0 Å². The van der Waals surface area contributed by atoms with Crippen molar-refractivity contribution in [3.63, 3.8) is 0 Å². The zero-order valence-corrected chi connectivity index (χ0v) is 22.0. The number of quaternary nitrogens is 1. The Balaban J connectivity index is 3.67. The number of carboxylic acids is 1. The van der Waals surface area contributed by atoms with Crippen LogP contribution in [0.15, 0.2) is 0 Å². The molecule has 0 bridgehead atoms. The minimum atomic E-state index is -0.923. The maximum Gasteiger partial charge on any atom is 0.307 e. The van der Waals surface area contributed by atoms with Gasteiger partial charge < -0.3 is 14.3 Å². The summed E-state index contributed by atoms with van der Waals surface area (Å²) >= 11 is 0. The largest absolute Gasteiger partial charge is 0.481 e. The molecule has 0 aliphatic rings. The van der Waals surface area contributed by atoms with Crippen LogP contribution in [-0.4, -0.2) is 55.3 Å². The van der Waals surface area contributed by atoms with E-state index in [1.54, 1.807) is 0 Å². The number of aliphatic carboxylic acids is 1. The predicted molar refractivity (Wildman–Crippen MR) is 134 cm³/mol. The van der Waals surface area contributed by atoms with Crippen LogP contribution in [0, 0.1) is 5.92 Å². The zero-order chi connectivity index (χ0) is 24.2. The Kier molecular flexibility index (Phi) is 18.7. The van der Waals surface area contributed by atoms with Gasteiger partial charge in [0.15, 0.2) is 6.10 Å². The average molecular weight is 457 g/mol. The quantitative estimate of drug-likeness (QED) is 0.108. The van der Waals surface area contributed by atoms with E-state index in [0.29, 0.717) is 17.4 Å². The van der Waals surface area contributed by atoms with Crippen molar-refractivity contribution in [2.45, 2.75) is 129 Å².